The van der Waals surface area contributed by atoms with Gasteiger partial charge in [-0.05, 0) is 48.9 Å². The van der Waals surface area contributed by atoms with E-state index in [1.54, 1.807) is 5.56 Å². The Morgan fingerprint density at radius 1 is 1.27 bits per heavy atom. The van der Waals surface area contributed by atoms with E-state index < -0.39 is 0 Å². The summed E-state index contributed by atoms with van der Waals surface area (Å²) in [7, 11) is 0. The van der Waals surface area contributed by atoms with Gasteiger partial charge < -0.3 is 5.32 Å². The highest BCUT2D eigenvalue weighted by Crippen LogP contribution is 2.44. The Morgan fingerprint density at radius 3 is 2.73 bits per heavy atom. The highest BCUT2D eigenvalue weighted by molar-refractivity contribution is 9.10. The molecule has 1 heterocycles. The molecule has 82 valence electrons. The van der Waals surface area contributed by atoms with Crippen LogP contribution in [0.3, 0.4) is 0 Å². The van der Waals surface area contributed by atoms with E-state index in [0.717, 1.165) is 6.54 Å². The number of benzene rings is 1. The molecule has 3 rings (SSSR count). The van der Waals surface area contributed by atoms with Gasteiger partial charge in [0.05, 0.1) is 0 Å². The van der Waals surface area contributed by atoms with E-state index in [0.29, 0.717) is 5.54 Å². The molecule has 15 heavy (non-hydrogen) atoms. The molecule has 1 N–H and O–H groups in total. The van der Waals surface area contributed by atoms with E-state index in [4.69, 9.17) is 0 Å². The number of rotatable bonds is 0. The van der Waals surface area contributed by atoms with Crippen LogP contribution < -0.4 is 5.32 Å². The number of nitrogens with one attached hydrogen (secondary N) is 1. The van der Waals surface area contributed by atoms with Crippen molar-refractivity contribution in [1.82, 2.24) is 5.32 Å². The molecule has 1 nitrogen and oxygen atoms in total. The molecule has 1 saturated carbocycles. The molecule has 0 atom stereocenters. The zero-order chi connectivity index (χ0) is 9.60. The third kappa shape index (κ3) is 1.73. The monoisotopic (exact) mass is 287 g/mol. The lowest BCUT2D eigenvalue weighted by Gasteiger charge is -2.47. The summed E-state index contributed by atoms with van der Waals surface area (Å²) in [5, 5.41) is 3.69. The summed E-state index contributed by atoms with van der Waals surface area (Å²) in [6.45, 7) is 1.14. The first kappa shape index (κ1) is 11.4. The molecular formula is C12H15BrClN. The van der Waals surface area contributed by atoms with Crippen LogP contribution in [0.1, 0.15) is 30.4 Å². The summed E-state index contributed by atoms with van der Waals surface area (Å²) in [5.41, 5.74) is 3.45. The Bertz CT molecular complexity index is 374. The molecule has 0 saturated heterocycles. The maximum Gasteiger partial charge on any atom is 0.0437 e. The predicted molar refractivity (Wildman–Crippen MR) is 68.6 cm³/mol. The minimum atomic E-state index is 0. The van der Waals surface area contributed by atoms with Crippen molar-refractivity contribution in [2.45, 2.75) is 31.2 Å². The molecule has 1 aliphatic heterocycles. The van der Waals surface area contributed by atoms with Gasteiger partial charge in [-0.3, -0.25) is 0 Å². The number of hydrogen-bond acceptors (Lipinski definition) is 1. The molecular weight excluding hydrogens is 273 g/mol. The Balaban J connectivity index is 0.000000853. The first-order chi connectivity index (χ1) is 6.80. The van der Waals surface area contributed by atoms with E-state index in [9.17, 15) is 0 Å². The summed E-state index contributed by atoms with van der Waals surface area (Å²) in [6, 6.07) is 6.76. The van der Waals surface area contributed by atoms with Crippen molar-refractivity contribution in [3.8, 4) is 0 Å². The quantitative estimate of drug-likeness (QED) is 0.771. The van der Waals surface area contributed by atoms with Gasteiger partial charge >= 0.3 is 0 Å². The van der Waals surface area contributed by atoms with Gasteiger partial charge in [0.2, 0.25) is 0 Å². The van der Waals surface area contributed by atoms with Gasteiger partial charge in [-0.25, -0.2) is 0 Å². The summed E-state index contributed by atoms with van der Waals surface area (Å²) < 4.78 is 1.22. The third-order valence-corrected chi connectivity index (χ3v) is 4.14. The molecule has 2 aliphatic rings. The van der Waals surface area contributed by atoms with E-state index in [1.165, 1.54) is 35.7 Å². The minimum Gasteiger partial charge on any atom is -0.307 e. The van der Waals surface area contributed by atoms with E-state index in [-0.39, 0.29) is 12.4 Å². The fourth-order valence-electron chi connectivity index (χ4n) is 2.74. The number of fused-ring (bicyclic) bond motifs is 2. The molecule has 1 aromatic carbocycles. The van der Waals surface area contributed by atoms with Gasteiger partial charge in [-0.15, -0.1) is 12.4 Å². The maximum absolute atomic E-state index is 3.69. The van der Waals surface area contributed by atoms with Gasteiger partial charge in [-0.2, -0.15) is 0 Å². The average molecular weight is 289 g/mol. The van der Waals surface area contributed by atoms with Crippen molar-refractivity contribution >= 4 is 28.3 Å². The third-order valence-electron chi connectivity index (χ3n) is 3.65. The lowest BCUT2D eigenvalue weighted by molar-refractivity contribution is 0.176. The van der Waals surface area contributed by atoms with Crippen LogP contribution in [0, 0.1) is 0 Å². The highest BCUT2D eigenvalue weighted by Gasteiger charge is 2.41. The second kappa shape index (κ2) is 4.08. The second-order valence-corrected chi connectivity index (χ2v) is 5.33. The zero-order valence-electron chi connectivity index (χ0n) is 8.55. The van der Waals surface area contributed by atoms with Crippen LogP contribution >= 0.6 is 28.3 Å². The number of hydrogen-bond donors (Lipinski definition) is 1. The Morgan fingerprint density at radius 2 is 2.07 bits per heavy atom. The summed E-state index contributed by atoms with van der Waals surface area (Å²) >= 11 is 3.55. The smallest absolute Gasteiger partial charge is 0.0437 e. The zero-order valence-corrected chi connectivity index (χ0v) is 11.0. The first-order valence-corrected chi connectivity index (χ1v) is 6.13. The van der Waals surface area contributed by atoms with Crippen molar-refractivity contribution in [3.05, 3.63) is 33.8 Å². The lowest BCUT2D eigenvalue weighted by atomic mass is 9.68. The van der Waals surface area contributed by atoms with Crippen molar-refractivity contribution in [3.63, 3.8) is 0 Å². The van der Waals surface area contributed by atoms with Crippen LogP contribution in [0.15, 0.2) is 22.7 Å². The average Bonchev–Trinajstić information content (AvgIpc) is 2.13. The van der Waals surface area contributed by atoms with E-state index >= 15 is 0 Å². The van der Waals surface area contributed by atoms with Gasteiger partial charge in [0.1, 0.15) is 0 Å². The fraction of sp³-hybridized carbons (Fsp3) is 0.500. The molecule has 0 amide bonds. The molecule has 0 aromatic heterocycles. The van der Waals surface area contributed by atoms with Crippen molar-refractivity contribution in [2.24, 2.45) is 0 Å². The lowest BCUT2D eigenvalue weighted by Crippen LogP contribution is -2.51. The summed E-state index contributed by atoms with van der Waals surface area (Å²) in [5.74, 6) is 0. The van der Waals surface area contributed by atoms with Crippen molar-refractivity contribution in [2.75, 3.05) is 6.54 Å². The Hall–Kier alpha value is -0.0500. The van der Waals surface area contributed by atoms with Crippen LogP contribution in [0.25, 0.3) is 0 Å². The van der Waals surface area contributed by atoms with Crippen molar-refractivity contribution < 1.29 is 0 Å². The van der Waals surface area contributed by atoms with Crippen LogP contribution in [0.2, 0.25) is 0 Å². The standard InChI is InChI=1S/C12H14BrN.ClH/c13-10-2-3-11-9(8-10)4-7-14-12(11)5-1-6-12;/h2-3,8,14H,1,4-7H2;1H. The summed E-state index contributed by atoms with van der Waals surface area (Å²) in [4.78, 5) is 0. The SMILES string of the molecule is Brc1ccc2c(c1)CCNC21CCC1.Cl. The first-order valence-electron chi connectivity index (χ1n) is 5.34. The minimum absolute atomic E-state index is 0. The molecule has 3 heteroatoms. The molecule has 0 unspecified atom stereocenters. The summed E-state index contributed by atoms with van der Waals surface area (Å²) in [6.07, 6.45) is 5.20. The van der Waals surface area contributed by atoms with Crippen LogP contribution in [-0.4, -0.2) is 6.54 Å². The maximum atomic E-state index is 3.69. The van der Waals surface area contributed by atoms with Gasteiger partial charge in [0, 0.05) is 16.6 Å². The van der Waals surface area contributed by atoms with Crippen LogP contribution in [-0.2, 0) is 12.0 Å². The van der Waals surface area contributed by atoms with Gasteiger partial charge in [0.25, 0.3) is 0 Å². The van der Waals surface area contributed by atoms with Gasteiger partial charge in [0.15, 0.2) is 0 Å². The molecule has 1 aromatic rings. The second-order valence-electron chi connectivity index (χ2n) is 4.41. The molecule has 0 radical (unpaired) electrons. The fourth-order valence-corrected chi connectivity index (χ4v) is 3.15. The highest BCUT2D eigenvalue weighted by atomic mass is 79.9. The molecule has 0 bridgehead atoms. The normalized spacial score (nSPS) is 21.4. The Labute approximate surface area is 105 Å². The molecule has 1 spiro atoms. The molecule has 1 fully saturated rings. The number of halogens is 2. The van der Waals surface area contributed by atoms with Crippen LogP contribution in [0.4, 0.5) is 0 Å². The van der Waals surface area contributed by atoms with E-state index in [1.807, 2.05) is 0 Å². The van der Waals surface area contributed by atoms with E-state index in [2.05, 4.69) is 39.4 Å². The van der Waals surface area contributed by atoms with Crippen LogP contribution in [0.5, 0.6) is 0 Å². The molecule has 1 aliphatic carbocycles. The van der Waals surface area contributed by atoms with Gasteiger partial charge in [-0.1, -0.05) is 22.0 Å². The Kier molecular flexibility index (Phi) is 3.11. The largest absolute Gasteiger partial charge is 0.307 e. The predicted octanol–water partition coefficient (Wildman–Crippen LogP) is 3.40. The topological polar surface area (TPSA) is 12.0 Å². The van der Waals surface area contributed by atoms with Crippen molar-refractivity contribution in [1.29, 1.82) is 0 Å².